The maximum atomic E-state index is 14.1. The van der Waals surface area contributed by atoms with Gasteiger partial charge in [-0.2, -0.15) is 0 Å². The molecule has 0 heterocycles. The first kappa shape index (κ1) is 15.8. The van der Waals surface area contributed by atoms with Crippen LogP contribution in [0.2, 0.25) is 5.02 Å². The normalized spacial score (nSPS) is 12.2. The molecule has 2 rings (SSSR count). The summed E-state index contributed by atoms with van der Waals surface area (Å²) < 4.78 is 19.4. The molecule has 2 nitrogen and oxygen atoms in total. The van der Waals surface area contributed by atoms with Crippen molar-refractivity contribution in [3.8, 4) is 5.75 Å². The van der Waals surface area contributed by atoms with E-state index in [9.17, 15) is 4.39 Å². The number of halogens is 2. The third-order valence-electron chi connectivity index (χ3n) is 3.32. The van der Waals surface area contributed by atoms with Crippen LogP contribution in [0.3, 0.4) is 0 Å². The zero-order valence-electron chi connectivity index (χ0n) is 12.2. The van der Waals surface area contributed by atoms with Gasteiger partial charge >= 0.3 is 0 Å². The summed E-state index contributed by atoms with van der Waals surface area (Å²) in [5, 5.41) is 3.92. The van der Waals surface area contributed by atoms with Gasteiger partial charge in [-0.1, -0.05) is 42.8 Å². The fourth-order valence-electron chi connectivity index (χ4n) is 2.26. The Morgan fingerprint density at radius 1 is 1.24 bits per heavy atom. The van der Waals surface area contributed by atoms with Crippen LogP contribution in [0.25, 0.3) is 0 Å². The second-order valence-electron chi connectivity index (χ2n) is 4.80. The van der Waals surface area contributed by atoms with Crippen molar-refractivity contribution in [2.24, 2.45) is 0 Å². The van der Waals surface area contributed by atoms with Crippen molar-refractivity contribution in [3.63, 3.8) is 0 Å². The molecule has 0 aliphatic heterocycles. The van der Waals surface area contributed by atoms with Gasteiger partial charge in [0.2, 0.25) is 0 Å². The highest BCUT2D eigenvalue weighted by molar-refractivity contribution is 6.32. The number of benzene rings is 2. The van der Waals surface area contributed by atoms with Crippen LogP contribution in [0, 0.1) is 5.82 Å². The van der Waals surface area contributed by atoms with Gasteiger partial charge in [0.25, 0.3) is 0 Å². The first-order valence-corrected chi connectivity index (χ1v) is 7.36. The second kappa shape index (κ2) is 7.43. The molecule has 0 bridgehead atoms. The number of hydrogen-bond donors (Lipinski definition) is 1. The fourth-order valence-corrected chi connectivity index (χ4v) is 2.46. The van der Waals surface area contributed by atoms with E-state index in [1.807, 2.05) is 18.2 Å². The van der Waals surface area contributed by atoms with Crippen molar-refractivity contribution in [3.05, 3.63) is 64.4 Å². The molecule has 0 fully saturated rings. The summed E-state index contributed by atoms with van der Waals surface area (Å²) in [4.78, 5) is 0. The molecule has 4 heteroatoms. The van der Waals surface area contributed by atoms with Crippen molar-refractivity contribution in [1.29, 1.82) is 0 Å². The van der Waals surface area contributed by atoms with Gasteiger partial charge in [-0.3, -0.25) is 0 Å². The first-order chi connectivity index (χ1) is 10.2. The SMILES string of the molecule is CCCNC(c1ccc(Cl)c(OC)c1)c1ccccc1F. The lowest BCUT2D eigenvalue weighted by Gasteiger charge is -2.21. The molecule has 0 saturated carbocycles. The highest BCUT2D eigenvalue weighted by atomic mass is 35.5. The fraction of sp³-hybridized carbons (Fsp3) is 0.294. The molecule has 0 amide bonds. The highest BCUT2D eigenvalue weighted by Gasteiger charge is 2.18. The van der Waals surface area contributed by atoms with E-state index in [0.717, 1.165) is 18.5 Å². The Labute approximate surface area is 129 Å². The maximum absolute atomic E-state index is 14.1. The van der Waals surface area contributed by atoms with Gasteiger partial charge < -0.3 is 10.1 Å². The van der Waals surface area contributed by atoms with Gasteiger partial charge in [0.05, 0.1) is 18.2 Å². The number of ether oxygens (including phenoxy) is 1. The molecule has 2 aromatic rings. The minimum absolute atomic E-state index is 0.222. The van der Waals surface area contributed by atoms with Gasteiger partial charge in [-0.05, 0) is 36.7 Å². The van der Waals surface area contributed by atoms with Crippen LogP contribution in [-0.4, -0.2) is 13.7 Å². The van der Waals surface area contributed by atoms with Crippen LogP contribution < -0.4 is 10.1 Å². The molecular formula is C17H19ClFNO. The molecule has 1 atom stereocenters. The molecule has 0 radical (unpaired) electrons. The van der Waals surface area contributed by atoms with Crippen LogP contribution in [0.5, 0.6) is 5.75 Å². The van der Waals surface area contributed by atoms with Crippen LogP contribution in [0.4, 0.5) is 4.39 Å². The molecule has 0 saturated heterocycles. The van der Waals surface area contributed by atoms with Gasteiger partial charge in [-0.15, -0.1) is 0 Å². The third kappa shape index (κ3) is 3.74. The smallest absolute Gasteiger partial charge is 0.137 e. The molecular weight excluding hydrogens is 289 g/mol. The largest absolute Gasteiger partial charge is 0.495 e. The van der Waals surface area contributed by atoms with Crippen molar-refractivity contribution in [2.45, 2.75) is 19.4 Å². The van der Waals surface area contributed by atoms with E-state index < -0.39 is 0 Å². The summed E-state index contributed by atoms with van der Waals surface area (Å²) in [5.41, 5.74) is 1.55. The van der Waals surface area contributed by atoms with E-state index in [2.05, 4.69) is 12.2 Å². The van der Waals surface area contributed by atoms with Crippen molar-refractivity contribution < 1.29 is 9.13 Å². The van der Waals surface area contributed by atoms with Gasteiger partial charge in [-0.25, -0.2) is 4.39 Å². The van der Waals surface area contributed by atoms with Crippen molar-refractivity contribution in [2.75, 3.05) is 13.7 Å². The van der Waals surface area contributed by atoms with E-state index in [1.54, 1.807) is 25.3 Å². The Bertz CT molecular complexity index is 603. The minimum Gasteiger partial charge on any atom is -0.495 e. The summed E-state index contributed by atoms with van der Waals surface area (Å²) in [6, 6.07) is 12.1. The van der Waals surface area contributed by atoms with Gasteiger partial charge in [0, 0.05) is 5.56 Å². The number of nitrogens with one attached hydrogen (secondary N) is 1. The first-order valence-electron chi connectivity index (χ1n) is 6.98. The van der Waals surface area contributed by atoms with Crippen molar-refractivity contribution in [1.82, 2.24) is 5.32 Å². The van der Waals surface area contributed by atoms with E-state index in [-0.39, 0.29) is 11.9 Å². The molecule has 112 valence electrons. The van der Waals surface area contributed by atoms with E-state index in [4.69, 9.17) is 16.3 Å². The molecule has 0 aromatic heterocycles. The van der Waals surface area contributed by atoms with Crippen LogP contribution in [0.1, 0.15) is 30.5 Å². The zero-order chi connectivity index (χ0) is 15.2. The summed E-state index contributed by atoms with van der Waals surface area (Å²) >= 11 is 6.06. The average Bonchev–Trinajstić information content (AvgIpc) is 2.50. The second-order valence-corrected chi connectivity index (χ2v) is 5.21. The third-order valence-corrected chi connectivity index (χ3v) is 3.64. The minimum atomic E-state index is -0.225. The van der Waals surface area contributed by atoms with Gasteiger partial charge in [0.1, 0.15) is 11.6 Å². The molecule has 2 aromatic carbocycles. The predicted octanol–water partition coefficient (Wildman–Crippen LogP) is 4.58. The van der Waals surface area contributed by atoms with E-state index in [1.165, 1.54) is 6.07 Å². The average molecular weight is 308 g/mol. The van der Waals surface area contributed by atoms with Crippen LogP contribution in [0.15, 0.2) is 42.5 Å². The summed E-state index contributed by atoms with van der Waals surface area (Å²) in [6.45, 7) is 2.87. The molecule has 0 aliphatic carbocycles. The zero-order valence-corrected chi connectivity index (χ0v) is 13.0. The van der Waals surface area contributed by atoms with E-state index >= 15 is 0 Å². The lowest BCUT2D eigenvalue weighted by Crippen LogP contribution is -2.24. The Morgan fingerprint density at radius 3 is 2.67 bits per heavy atom. The highest BCUT2D eigenvalue weighted by Crippen LogP contribution is 2.31. The maximum Gasteiger partial charge on any atom is 0.137 e. The molecule has 1 N–H and O–H groups in total. The summed E-state index contributed by atoms with van der Waals surface area (Å²) in [6.07, 6.45) is 0.968. The number of hydrogen-bond acceptors (Lipinski definition) is 2. The van der Waals surface area contributed by atoms with E-state index in [0.29, 0.717) is 16.3 Å². The van der Waals surface area contributed by atoms with Crippen molar-refractivity contribution >= 4 is 11.6 Å². The lowest BCUT2D eigenvalue weighted by molar-refractivity contribution is 0.413. The Morgan fingerprint density at radius 2 is 2.00 bits per heavy atom. The topological polar surface area (TPSA) is 21.3 Å². The van der Waals surface area contributed by atoms with Gasteiger partial charge in [0.15, 0.2) is 0 Å². The summed E-state index contributed by atoms with van der Waals surface area (Å²) in [7, 11) is 1.57. The Hall–Kier alpha value is -1.58. The monoisotopic (exact) mass is 307 g/mol. The number of methoxy groups -OCH3 is 1. The molecule has 21 heavy (non-hydrogen) atoms. The Kier molecular flexibility index (Phi) is 5.59. The molecule has 1 unspecified atom stereocenters. The van der Waals surface area contributed by atoms with Crippen LogP contribution in [-0.2, 0) is 0 Å². The summed E-state index contributed by atoms with van der Waals surface area (Å²) in [5.74, 6) is 0.369. The molecule has 0 aliphatic rings. The Balaban J connectivity index is 2.43. The lowest BCUT2D eigenvalue weighted by atomic mass is 9.97. The quantitative estimate of drug-likeness (QED) is 0.843. The predicted molar refractivity (Wildman–Crippen MR) is 84.5 cm³/mol. The standard InChI is InChI=1S/C17H19ClFNO/c1-3-10-20-17(13-6-4-5-7-15(13)19)12-8-9-14(18)16(11-12)21-2/h4-9,11,17,20H,3,10H2,1-2H3. The number of rotatable bonds is 6. The molecule has 0 spiro atoms. The van der Waals surface area contributed by atoms with Crippen LogP contribution >= 0.6 is 11.6 Å².